The number of alkyl halides is 6. The van der Waals surface area contributed by atoms with Gasteiger partial charge in [-0.15, -0.1) is 4.48 Å². The minimum atomic E-state index is -5.08. The highest BCUT2D eigenvalue weighted by Gasteiger charge is 2.57. The van der Waals surface area contributed by atoms with E-state index in [1.165, 1.54) is 0 Å². The normalized spacial score (nSPS) is 23.7. The molecule has 2 rings (SSSR count). The van der Waals surface area contributed by atoms with Crippen LogP contribution >= 0.6 is 0 Å². The second-order valence-corrected chi connectivity index (χ2v) is 6.05. The third-order valence-electron chi connectivity index (χ3n) is 4.46. The maximum atomic E-state index is 13.1. The van der Waals surface area contributed by atoms with Crippen LogP contribution in [0.5, 0.6) is 0 Å². The lowest BCUT2D eigenvalue weighted by atomic mass is 9.79. The first-order chi connectivity index (χ1) is 11.4. The van der Waals surface area contributed by atoms with Gasteiger partial charge >= 0.3 is 12.4 Å². The number of nitrogens with zero attached hydrogens (tertiary/aromatic N) is 2. The van der Waals surface area contributed by atoms with Crippen LogP contribution in [0.25, 0.3) is 0 Å². The second kappa shape index (κ2) is 6.46. The molecule has 1 fully saturated rings. The zero-order valence-corrected chi connectivity index (χ0v) is 12.9. The molecule has 25 heavy (non-hydrogen) atoms. The predicted molar refractivity (Wildman–Crippen MR) is 71.9 cm³/mol. The van der Waals surface area contributed by atoms with E-state index in [1.54, 1.807) is 0 Å². The van der Waals surface area contributed by atoms with Crippen molar-refractivity contribution >= 4 is 11.9 Å². The molecule has 1 aliphatic rings. The van der Waals surface area contributed by atoms with Gasteiger partial charge in [-0.25, -0.2) is 4.98 Å². The number of hydrogen-bond acceptors (Lipinski definition) is 3. The van der Waals surface area contributed by atoms with E-state index in [0.717, 1.165) is 22.5 Å². The Hall–Kier alpha value is -1.85. The number of nitrogens with one attached hydrogen (secondary N) is 2. The van der Waals surface area contributed by atoms with Gasteiger partial charge in [-0.1, -0.05) is 0 Å². The molecule has 142 valence electrons. The Labute approximate surface area is 137 Å². The van der Waals surface area contributed by atoms with Gasteiger partial charge in [0.15, 0.2) is 5.41 Å². The SMILES string of the molecule is CC(CNF)(C(=O)Nc1nccn1C1CC[C@@H]1C(F)(F)F)C(F)(F)F. The molecule has 1 saturated carbocycles. The van der Waals surface area contributed by atoms with E-state index >= 15 is 0 Å². The predicted octanol–water partition coefficient (Wildman–Crippen LogP) is 3.38. The Morgan fingerprint density at radius 2 is 1.92 bits per heavy atom. The van der Waals surface area contributed by atoms with Crippen LogP contribution in [0.3, 0.4) is 0 Å². The Balaban J connectivity index is 2.22. The van der Waals surface area contributed by atoms with Crippen molar-refractivity contribution in [3.8, 4) is 0 Å². The van der Waals surface area contributed by atoms with Crippen molar-refractivity contribution in [2.75, 3.05) is 11.9 Å². The van der Waals surface area contributed by atoms with Crippen molar-refractivity contribution < 1.29 is 35.6 Å². The molecule has 1 heterocycles. The monoisotopic (exact) mass is 376 g/mol. The van der Waals surface area contributed by atoms with Crippen LogP contribution in [0.4, 0.5) is 36.8 Å². The number of hydrogen-bond donors (Lipinski definition) is 2. The van der Waals surface area contributed by atoms with E-state index in [9.17, 15) is 35.6 Å². The molecule has 2 N–H and O–H groups in total. The summed E-state index contributed by atoms with van der Waals surface area (Å²) in [5, 5.41) is 1.86. The summed E-state index contributed by atoms with van der Waals surface area (Å²) < 4.78 is 91.1. The van der Waals surface area contributed by atoms with E-state index < -0.39 is 48.1 Å². The molecular formula is C13H15F7N4O. The van der Waals surface area contributed by atoms with Gasteiger partial charge in [-0.3, -0.25) is 10.1 Å². The Kier molecular flexibility index (Phi) is 5.04. The molecule has 1 aromatic heterocycles. The molecule has 2 unspecified atom stereocenters. The number of aromatic nitrogens is 2. The summed E-state index contributed by atoms with van der Waals surface area (Å²) in [6, 6.07) is -1.06. The van der Waals surface area contributed by atoms with Crippen molar-refractivity contribution in [1.29, 1.82) is 0 Å². The number of halogens is 7. The summed E-state index contributed by atoms with van der Waals surface area (Å²) >= 11 is 0. The van der Waals surface area contributed by atoms with Gasteiger partial charge in [0.25, 0.3) is 0 Å². The van der Waals surface area contributed by atoms with Crippen molar-refractivity contribution in [2.45, 2.75) is 38.2 Å². The summed E-state index contributed by atoms with van der Waals surface area (Å²) in [4.78, 5) is 15.6. The lowest BCUT2D eigenvalue weighted by Gasteiger charge is -2.39. The summed E-state index contributed by atoms with van der Waals surface area (Å²) in [5.74, 6) is -3.74. The molecule has 1 aliphatic carbocycles. The van der Waals surface area contributed by atoms with Gasteiger partial charge < -0.3 is 4.57 Å². The Morgan fingerprint density at radius 1 is 1.28 bits per heavy atom. The number of carbonyl (C=O) groups is 1. The van der Waals surface area contributed by atoms with Crippen molar-refractivity contribution in [1.82, 2.24) is 15.1 Å². The van der Waals surface area contributed by atoms with Gasteiger partial charge in [0, 0.05) is 25.0 Å². The van der Waals surface area contributed by atoms with Crippen molar-refractivity contribution in [3.05, 3.63) is 12.4 Å². The molecule has 3 atom stereocenters. The van der Waals surface area contributed by atoms with E-state index in [1.807, 2.05) is 5.32 Å². The zero-order chi connectivity index (χ0) is 19.0. The highest BCUT2D eigenvalue weighted by molar-refractivity contribution is 5.94. The number of amides is 1. The van der Waals surface area contributed by atoms with Crippen molar-refractivity contribution in [2.24, 2.45) is 11.3 Å². The van der Waals surface area contributed by atoms with Crippen LogP contribution in [0.2, 0.25) is 0 Å². The molecular weight excluding hydrogens is 361 g/mol. The van der Waals surface area contributed by atoms with Crippen LogP contribution in [0, 0.1) is 11.3 Å². The largest absolute Gasteiger partial charge is 0.404 e. The lowest BCUT2D eigenvalue weighted by Crippen LogP contribution is -2.51. The van der Waals surface area contributed by atoms with Gasteiger partial charge in [0.2, 0.25) is 11.9 Å². The quantitative estimate of drug-likeness (QED) is 0.612. The van der Waals surface area contributed by atoms with Crippen LogP contribution in [-0.2, 0) is 4.79 Å². The fraction of sp³-hybridized carbons (Fsp3) is 0.692. The average molecular weight is 376 g/mol. The van der Waals surface area contributed by atoms with Gasteiger partial charge in [0.05, 0.1) is 5.92 Å². The van der Waals surface area contributed by atoms with Gasteiger partial charge in [0.1, 0.15) is 0 Å². The smallest absolute Gasteiger partial charge is 0.314 e. The topological polar surface area (TPSA) is 59.0 Å². The summed E-state index contributed by atoms with van der Waals surface area (Å²) in [5.41, 5.74) is -2.32. The summed E-state index contributed by atoms with van der Waals surface area (Å²) in [6.07, 6.45) is -7.31. The van der Waals surface area contributed by atoms with Crippen LogP contribution in [0.15, 0.2) is 12.4 Å². The van der Waals surface area contributed by atoms with Crippen LogP contribution < -0.4 is 10.9 Å². The minimum Gasteiger partial charge on any atom is -0.314 e. The molecule has 0 aromatic carbocycles. The third kappa shape index (κ3) is 3.58. The fourth-order valence-corrected chi connectivity index (χ4v) is 2.56. The summed E-state index contributed by atoms with van der Waals surface area (Å²) in [6.45, 7) is -0.873. The van der Waals surface area contributed by atoms with E-state index in [0.29, 0.717) is 6.92 Å². The molecule has 1 amide bonds. The van der Waals surface area contributed by atoms with Crippen molar-refractivity contribution in [3.63, 3.8) is 0 Å². The van der Waals surface area contributed by atoms with Gasteiger partial charge in [-0.2, -0.15) is 31.9 Å². The van der Waals surface area contributed by atoms with E-state index in [-0.39, 0.29) is 12.8 Å². The molecule has 0 radical (unpaired) electrons. The minimum absolute atomic E-state index is 0.119. The van der Waals surface area contributed by atoms with Gasteiger partial charge in [-0.05, 0) is 19.8 Å². The maximum absolute atomic E-state index is 13.1. The Morgan fingerprint density at radius 3 is 2.36 bits per heavy atom. The highest BCUT2D eigenvalue weighted by Crippen LogP contribution is 2.49. The van der Waals surface area contributed by atoms with Crippen LogP contribution in [-0.4, -0.2) is 34.4 Å². The van der Waals surface area contributed by atoms with E-state index in [4.69, 9.17) is 0 Å². The third-order valence-corrected chi connectivity index (χ3v) is 4.46. The fourth-order valence-electron chi connectivity index (χ4n) is 2.56. The average Bonchev–Trinajstić information content (AvgIpc) is 2.82. The van der Waals surface area contributed by atoms with E-state index in [2.05, 4.69) is 4.98 Å². The molecule has 12 heteroatoms. The summed E-state index contributed by atoms with van der Waals surface area (Å²) in [7, 11) is 0. The molecule has 1 aromatic rings. The first-order valence-electron chi connectivity index (χ1n) is 7.23. The first kappa shape index (κ1) is 19.5. The second-order valence-electron chi connectivity index (χ2n) is 6.05. The molecule has 0 aliphatic heterocycles. The molecule has 0 saturated heterocycles. The number of carbonyl (C=O) groups excluding carboxylic acids is 1. The number of anilines is 1. The molecule has 0 spiro atoms. The van der Waals surface area contributed by atoms with Crippen LogP contribution in [0.1, 0.15) is 25.8 Å². The lowest BCUT2D eigenvalue weighted by molar-refractivity contribution is -0.214. The Bertz CT molecular complexity index is 627. The standard InChI is InChI=1S/C13H15F7N4O/c1-11(6-22-20,13(17,18)19)9(25)23-10-21-4-5-24(10)8-3-2-7(8)12(14,15)16/h4-5,7-8,22H,2-3,6H2,1H3,(H,21,23,25)/t7-,8?,11?/m0/s1. The first-order valence-corrected chi connectivity index (χ1v) is 7.23. The molecule has 0 bridgehead atoms. The maximum Gasteiger partial charge on any atom is 0.404 e. The molecule has 5 nitrogen and oxygen atoms in total. The zero-order valence-electron chi connectivity index (χ0n) is 12.9. The highest BCUT2D eigenvalue weighted by atomic mass is 19.4. The number of rotatable bonds is 5. The number of imidazole rings is 1.